The van der Waals surface area contributed by atoms with Gasteiger partial charge in [-0.15, -0.1) is 0 Å². The number of alkyl halides is 5. The van der Waals surface area contributed by atoms with E-state index in [9.17, 15) is 22.0 Å². The molecule has 0 unspecified atom stereocenters. The first-order valence-electron chi connectivity index (χ1n) is 3.44. The lowest BCUT2D eigenvalue weighted by molar-refractivity contribution is -0.139. The van der Waals surface area contributed by atoms with Gasteiger partial charge >= 0.3 is 6.18 Å². The molecule has 0 aliphatic heterocycles. The van der Waals surface area contributed by atoms with Crippen LogP contribution in [-0.2, 0) is 6.18 Å². The fraction of sp³-hybridized carbons (Fsp3) is 0.286. The summed E-state index contributed by atoms with van der Waals surface area (Å²) in [6, 6.07) is 0. The number of pyridine rings is 1. The SMILES string of the molecule is FC(F)c1ncc(Br)c(Cl)c1C(F)(F)F. The van der Waals surface area contributed by atoms with E-state index >= 15 is 0 Å². The quantitative estimate of drug-likeness (QED) is 0.698. The maximum atomic E-state index is 12.4. The van der Waals surface area contributed by atoms with Gasteiger partial charge in [0.1, 0.15) is 11.3 Å². The predicted molar refractivity (Wildman–Crippen MR) is 46.9 cm³/mol. The van der Waals surface area contributed by atoms with Gasteiger partial charge in [-0.05, 0) is 15.9 Å². The first-order valence-corrected chi connectivity index (χ1v) is 4.61. The van der Waals surface area contributed by atoms with Crippen LogP contribution in [0, 0.1) is 0 Å². The van der Waals surface area contributed by atoms with Crippen molar-refractivity contribution in [1.82, 2.24) is 4.98 Å². The predicted octanol–water partition coefficient (Wildman–Crippen LogP) is 4.45. The van der Waals surface area contributed by atoms with Crippen molar-refractivity contribution >= 4 is 27.5 Å². The van der Waals surface area contributed by atoms with E-state index in [0.29, 0.717) is 0 Å². The third-order valence-electron chi connectivity index (χ3n) is 1.49. The summed E-state index contributed by atoms with van der Waals surface area (Å²) in [6.45, 7) is 0. The van der Waals surface area contributed by atoms with Crippen molar-refractivity contribution in [1.29, 1.82) is 0 Å². The van der Waals surface area contributed by atoms with Crippen molar-refractivity contribution in [3.05, 3.63) is 26.9 Å². The van der Waals surface area contributed by atoms with Crippen LogP contribution >= 0.6 is 27.5 Å². The fourth-order valence-electron chi connectivity index (χ4n) is 0.914. The summed E-state index contributed by atoms with van der Waals surface area (Å²) in [5.74, 6) is 0. The minimum Gasteiger partial charge on any atom is -0.253 e. The topological polar surface area (TPSA) is 12.9 Å². The highest BCUT2D eigenvalue weighted by molar-refractivity contribution is 9.10. The lowest BCUT2D eigenvalue weighted by Crippen LogP contribution is -2.12. The molecule has 15 heavy (non-hydrogen) atoms. The molecule has 0 radical (unpaired) electrons. The first-order chi connectivity index (χ1) is 6.75. The third-order valence-corrected chi connectivity index (χ3v) is 2.71. The van der Waals surface area contributed by atoms with E-state index in [-0.39, 0.29) is 4.47 Å². The Morgan fingerprint density at radius 3 is 2.27 bits per heavy atom. The van der Waals surface area contributed by atoms with E-state index in [1.54, 1.807) is 0 Å². The van der Waals surface area contributed by atoms with Crippen LogP contribution in [0.4, 0.5) is 22.0 Å². The molecule has 0 aliphatic rings. The van der Waals surface area contributed by atoms with E-state index in [1.165, 1.54) is 0 Å². The van der Waals surface area contributed by atoms with Crippen molar-refractivity contribution in [3.63, 3.8) is 0 Å². The lowest BCUT2D eigenvalue weighted by Gasteiger charge is -2.13. The number of nitrogens with zero attached hydrogens (tertiary/aromatic N) is 1. The molecule has 84 valence electrons. The highest BCUT2D eigenvalue weighted by Crippen LogP contribution is 2.42. The van der Waals surface area contributed by atoms with Gasteiger partial charge in [0.05, 0.1) is 9.50 Å². The molecule has 0 saturated heterocycles. The van der Waals surface area contributed by atoms with E-state index < -0.39 is 28.9 Å². The normalized spacial score (nSPS) is 12.3. The van der Waals surface area contributed by atoms with Crippen molar-refractivity contribution in [2.24, 2.45) is 0 Å². The second-order valence-corrected chi connectivity index (χ2v) is 3.71. The summed E-state index contributed by atoms with van der Waals surface area (Å²) in [7, 11) is 0. The van der Waals surface area contributed by atoms with Gasteiger partial charge in [-0.25, -0.2) is 8.78 Å². The Hall–Kier alpha value is -0.430. The monoisotopic (exact) mass is 309 g/mol. The van der Waals surface area contributed by atoms with Crippen LogP contribution in [-0.4, -0.2) is 4.98 Å². The second-order valence-electron chi connectivity index (χ2n) is 2.48. The van der Waals surface area contributed by atoms with Crippen LogP contribution in [0.3, 0.4) is 0 Å². The maximum Gasteiger partial charge on any atom is 0.419 e. The molecule has 0 fully saturated rings. The third kappa shape index (κ3) is 2.57. The molecule has 0 aliphatic carbocycles. The summed E-state index contributed by atoms with van der Waals surface area (Å²) in [6.07, 6.45) is -7.48. The fourth-order valence-corrected chi connectivity index (χ4v) is 1.47. The van der Waals surface area contributed by atoms with Crippen molar-refractivity contribution in [2.75, 3.05) is 0 Å². The molecule has 0 aromatic carbocycles. The highest BCUT2D eigenvalue weighted by Gasteiger charge is 2.40. The summed E-state index contributed by atoms with van der Waals surface area (Å²) < 4.78 is 61.4. The average molecular weight is 310 g/mol. The molecular weight excluding hydrogens is 308 g/mol. The number of rotatable bonds is 1. The summed E-state index contributed by atoms with van der Waals surface area (Å²) in [4.78, 5) is 3.00. The van der Waals surface area contributed by atoms with Crippen molar-refractivity contribution in [2.45, 2.75) is 12.6 Å². The zero-order chi connectivity index (χ0) is 11.8. The Kier molecular flexibility index (Phi) is 3.55. The molecule has 1 rings (SSSR count). The van der Waals surface area contributed by atoms with Crippen LogP contribution < -0.4 is 0 Å². The van der Waals surface area contributed by atoms with Gasteiger partial charge < -0.3 is 0 Å². The van der Waals surface area contributed by atoms with Gasteiger partial charge in [-0.1, -0.05) is 11.6 Å². The summed E-state index contributed by atoms with van der Waals surface area (Å²) >= 11 is 7.97. The Balaban J connectivity index is 3.49. The van der Waals surface area contributed by atoms with E-state index in [0.717, 1.165) is 6.20 Å². The molecule has 0 bridgehead atoms. The van der Waals surface area contributed by atoms with Crippen LogP contribution in [0.1, 0.15) is 17.7 Å². The molecule has 0 spiro atoms. The Morgan fingerprint density at radius 2 is 1.87 bits per heavy atom. The van der Waals surface area contributed by atoms with Gasteiger partial charge in [0, 0.05) is 6.20 Å². The zero-order valence-electron chi connectivity index (χ0n) is 6.75. The molecule has 1 aromatic rings. The summed E-state index contributed by atoms with van der Waals surface area (Å²) in [5.41, 5.74) is -2.97. The first kappa shape index (κ1) is 12.6. The molecule has 0 amide bonds. The molecule has 1 aromatic heterocycles. The number of hydrogen-bond acceptors (Lipinski definition) is 1. The zero-order valence-corrected chi connectivity index (χ0v) is 9.09. The van der Waals surface area contributed by atoms with E-state index in [1.807, 2.05) is 0 Å². The standard InChI is InChI=1S/C7H2BrClF5N/c8-2-1-15-5(6(10)11)3(4(2)9)7(12,13)14/h1,6H. The Bertz CT molecular complexity index is 378. The van der Waals surface area contributed by atoms with Crippen LogP contribution in [0.2, 0.25) is 5.02 Å². The number of halogens is 7. The Labute approximate surface area is 94.4 Å². The van der Waals surface area contributed by atoms with Gasteiger partial charge in [-0.2, -0.15) is 13.2 Å². The average Bonchev–Trinajstić information content (AvgIpc) is 2.06. The molecule has 0 N–H and O–H groups in total. The smallest absolute Gasteiger partial charge is 0.253 e. The van der Waals surface area contributed by atoms with Gasteiger partial charge in [0.25, 0.3) is 6.43 Å². The van der Waals surface area contributed by atoms with Gasteiger partial charge in [0.15, 0.2) is 0 Å². The van der Waals surface area contributed by atoms with Crippen molar-refractivity contribution in [3.8, 4) is 0 Å². The largest absolute Gasteiger partial charge is 0.419 e. The van der Waals surface area contributed by atoms with Gasteiger partial charge in [-0.3, -0.25) is 4.98 Å². The van der Waals surface area contributed by atoms with Crippen LogP contribution in [0.25, 0.3) is 0 Å². The summed E-state index contributed by atoms with van der Waals surface area (Å²) in [5, 5.41) is -0.812. The molecule has 1 heterocycles. The maximum absolute atomic E-state index is 12.4. The van der Waals surface area contributed by atoms with E-state index in [4.69, 9.17) is 11.6 Å². The number of hydrogen-bond donors (Lipinski definition) is 0. The molecule has 0 atom stereocenters. The number of aromatic nitrogens is 1. The lowest BCUT2D eigenvalue weighted by atomic mass is 10.2. The van der Waals surface area contributed by atoms with E-state index in [2.05, 4.69) is 20.9 Å². The molecule has 8 heteroatoms. The second kappa shape index (κ2) is 4.21. The van der Waals surface area contributed by atoms with Crippen molar-refractivity contribution < 1.29 is 22.0 Å². The minimum absolute atomic E-state index is 0.180. The van der Waals surface area contributed by atoms with Gasteiger partial charge in [0.2, 0.25) is 0 Å². The highest BCUT2D eigenvalue weighted by atomic mass is 79.9. The molecule has 0 saturated carbocycles. The Morgan fingerprint density at radius 1 is 1.33 bits per heavy atom. The van der Waals surface area contributed by atoms with Crippen LogP contribution in [0.15, 0.2) is 10.7 Å². The minimum atomic E-state index is -4.96. The molecule has 1 nitrogen and oxygen atoms in total. The molecular formula is C7H2BrClF5N. The van der Waals surface area contributed by atoms with Crippen LogP contribution in [0.5, 0.6) is 0 Å².